The Morgan fingerprint density at radius 1 is 1.04 bits per heavy atom. The number of halogens is 1. The summed E-state index contributed by atoms with van der Waals surface area (Å²) >= 11 is 6.14. The van der Waals surface area contributed by atoms with Crippen molar-refractivity contribution in [2.75, 3.05) is 23.7 Å². The van der Waals surface area contributed by atoms with Gasteiger partial charge in [0.25, 0.3) is 5.91 Å². The lowest BCUT2D eigenvalue weighted by atomic mass is 10.1. The summed E-state index contributed by atoms with van der Waals surface area (Å²) in [5.41, 5.74) is 3.93. The maximum atomic E-state index is 12.2. The molecule has 2 rings (SSSR count). The number of anilines is 2. The van der Waals surface area contributed by atoms with Crippen LogP contribution in [0.2, 0.25) is 5.02 Å². The van der Waals surface area contributed by atoms with Gasteiger partial charge >= 0.3 is 0 Å². The van der Waals surface area contributed by atoms with Gasteiger partial charge in [-0.1, -0.05) is 31.5 Å². The average molecular weight is 388 g/mol. The molecule has 0 atom stereocenters. The van der Waals surface area contributed by atoms with Gasteiger partial charge in [0.05, 0.1) is 17.3 Å². The summed E-state index contributed by atoms with van der Waals surface area (Å²) in [6, 6.07) is 10.9. The zero-order valence-corrected chi connectivity index (χ0v) is 16.9. The van der Waals surface area contributed by atoms with Crippen molar-refractivity contribution in [2.45, 2.75) is 27.7 Å². The van der Waals surface area contributed by atoms with Crippen molar-refractivity contribution in [1.29, 1.82) is 0 Å². The molecule has 5 nitrogen and oxygen atoms in total. The maximum absolute atomic E-state index is 12.2. The zero-order valence-electron chi connectivity index (χ0n) is 16.2. The third kappa shape index (κ3) is 6.29. The Bertz CT molecular complexity index is 834. The van der Waals surface area contributed by atoms with E-state index < -0.39 is 0 Å². The molecule has 27 heavy (non-hydrogen) atoms. The van der Waals surface area contributed by atoms with Crippen LogP contribution in [-0.4, -0.2) is 24.9 Å². The molecule has 0 bridgehead atoms. The molecule has 0 heterocycles. The number of carbonyl (C=O) groups excluding carboxylic acids is 2. The number of hydrogen-bond acceptors (Lipinski definition) is 3. The summed E-state index contributed by atoms with van der Waals surface area (Å²) in [7, 11) is 0. The third-order valence-electron chi connectivity index (χ3n) is 4.00. The van der Waals surface area contributed by atoms with Crippen LogP contribution in [0.15, 0.2) is 36.4 Å². The molecule has 0 fully saturated rings. The minimum atomic E-state index is -0.195. The van der Waals surface area contributed by atoms with E-state index in [1.165, 1.54) is 0 Å². The number of benzene rings is 2. The highest BCUT2D eigenvalue weighted by Crippen LogP contribution is 2.22. The molecule has 2 aromatic carbocycles. The second-order valence-electron chi connectivity index (χ2n) is 7.02. The van der Waals surface area contributed by atoms with Gasteiger partial charge < -0.3 is 16.0 Å². The fourth-order valence-corrected chi connectivity index (χ4v) is 2.78. The Labute approximate surface area is 165 Å². The summed E-state index contributed by atoms with van der Waals surface area (Å²) in [6.07, 6.45) is 0. The van der Waals surface area contributed by atoms with E-state index in [-0.39, 0.29) is 18.4 Å². The monoisotopic (exact) mass is 387 g/mol. The number of carbonyl (C=O) groups is 2. The van der Waals surface area contributed by atoms with Crippen LogP contribution in [0.25, 0.3) is 0 Å². The van der Waals surface area contributed by atoms with Crippen LogP contribution in [0.5, 0.6) is 0 Å². The predicted molar refractivity (Wildman–Crippen MR) is 112 cm³/mol. The van der Waals surface area contributed by atoms with E-state index in [0.29, 0.717) is 28.7 Å². The van der Waals surface area contributed by atoms with Crippen LogP contribution in [0, 0.1) is 19.8 Å². The predicted octanol–water partition coefficient (Wildman–Crippen LogP) is 4.39. The van der Waals surface area contributed by atoms with Crippen LogP contribution >= 0.6 is 11.6 Å². The molecule has 2 amide bonds. The smallest absolute Gasteiger partial charge is 0.251 e. The van der Waals surface area contributed by atoms with E-state index in [0.717, 1.165) is 16.8 Å². The standard InChI is InChI=1S/C21H26ClN3O2/c1-13(2)11-24-21(27)16-6-8-18(15(4)10-16)23-12-20(26)25-19-7-5-14(3)9-17(19)22/h5-10,13,23H,11-12H2,1-4H3,(H,24,27)(H,25,26). The van der Waals surface area contributed by atoms with Crippen molar-refractivity contribution in [1.82, 2.24) is 5.32 Å². The second kappa shape index (κ2) is 9.42. The molecule has 0 aliphatic heterocycles. The highest BCUT2D eigenvalue weighted by molar-refractivity contribution is 6.33. The van der Waals surface area contributed by atoms with E-state index in [4.69, 9.17) is 11.6 Å². The maximum Gasteiger partial charge on any atom is 0.251 e. The topological polar surface area (TPSA) is 70.2 Å². The Morgan fingerprint density at radius 3 is 2.37 bits per heavy atom. The molecule has 0 saturated heterocycles. The first kappa shape index (κ1) is 20.8. The number of hydrogen-bond donors (Lipinski definition) is 3. The fraction of sp³-hybridized carbons (Fsp3) is 0.333. The van der Waals surface area contributed by atoms with E-state index in [1.807, 2.05) is 45.9 Å². The Hall–Kier alpha value is -2.53. The van der Waals surface area contributed by atoms with Gasteiger partial charge in [0, 0.05) is 17.8 Å². The molecule has 0 saturated carbocycles. The van der Waals surface area contributed by atoms with E-state index in [2.05, 4.69) is 16.0 Å². The zero-order chi connectivity index (χ0) is 20.0. The van der Waals surface area contributed by atoms with E-state index in [1.54, 1.807) is 18.2 Å². The fourth-order valence-electron chi connectivity index (χ4n) is 2.49. The summed E-state index contributed by atoms with van der Waals surface area (Å²) in [5.74, 6) is 0.112. The van der Waals surface area contributed by atoms with Crippen molar-refractivity contribution >= 4 is 34.8 Å². The van der Waals surface area contributed by atoms with Crippen molar-refractivity contribution < 1.29 is 9.59 Å². The second-order valence-corrected chi connectivity index (χ2v) is 7.43. The average Bonchev–Trinajstić information content (AvgIpc) is 2.61. The summed E-state index contributed by atoms with van der Waals surface area (Å²) in [6.45, 7) is 8.68. The molecule has 0 spiro atoms. The van der Waals surface area contributed by atoms with Crippen molar-refractivity contribution in [3.05, 3.63) is 58.1 Å². The Morgan fingerprint density at radius 2 is 1.74 bits per heavy atom. The Balaban J connectivity index is 1.93. The molecule has 6 heteroatoms. The van der Waals surface area contributed by atoms with Crippen LogP contribution in [0.3, 0.4) is 0 Å². The number of aryl methyl sites for hydroxylation is 2. The van der Waals surface area contributed by atoms with Crippen molar-refractivity contribution in [3.8, 4) is 0 Å². The third-order valence-corrected chi connectivity index (χ3v) is 4.31. The molecule has 0 aliphatic carbocycles. The first-order valence-corrected chi connectivity index (χ1v) is 9.32. The highest BCUT2D eigenvalue weighted by Gasteiger charge is 2.10. The number of nitrogens with one attached hydrogen (secondary N) is 3. The van der Waals surface area contributed by atoms with E-state index >= 15 is 0 Å². The summed E-state index contributed by atoms with van der Waals surface area (Å²) in [5, 5.41) is 9.29. The van der Waals surface area contributed by atoms with Crippen molar-refractivity contribution in [2.24, 2.45) is 5.92 Å². The van der Waals surface area contributed by atoms with Crippen LogP contribution < -0.4 is 16.0 Å². The molecule has 3 N–H and O–H groups in total. The summed E-state index contributed by atoms with van der Waals surface area (Å²) < 4.78 is 0. The first-order chi connectivity index (χ1) is 12.8. The minimum absolute atomic E-state index is 0.0925. The van der Waals surface area contributed by atoms with Crippen LogP contribution in [0.4, 0.5) is 11.4 Å². The number of rotatable bonds is 7. The number of amides is 2. The van der Waals surface area contributed by atoms with E-state index in [9.17, 15) is 9.59 Å². The molecule has 0 unspecified atom stereocenters. The first-order valence-electron chi connectivity index (χ1n) is 8.95. The summed E-state index contributed by atoms with van der Waals surface area (Å²) in [4.78, 5) is 24.3. The van der Waals surface area contributed by atoms with Crippen molar-refractivity contribution in [3.63, 3.8) is 0 Å². The molecular formula is C21H26ClN3O2. The highest BCUT2D eigenvalue weighted by atomic mass is 35.5. The Kier molecular flexibility index (Phi) is 7.25. The van der Waals surface area contributed by atoms with Crippen LogP contribution in [0.1, 0.15) is 35.3 Å². The van der Waals surface area contributed by atoms with Gasteiger partial charge in [0.15, 0.2) is 0 Å². The van der Waals surface area contributed by atoms with Gasteiger partial charge in [-0.25, -0.2) is 0 Å². The molecule has 2 aromatic rings. The van der Waals surface area contributed by atoms with Gasteiger partial charge in [-0.05, 0) is 61.2 Å². The molecule has 0 aliphatic rings. The van der Waals surface area contributed by atoms with Gasteiger partial charge in [0.2, 0.25) is 5.91 Å². The van der Waals surface area contributed by atoms with Gasteiger partial charge in [-0.3, -0.25) is 9.59 Å². The van der Waals surface area contributed by atoms with Gasteiger partial charge in [0.1, 0.15) is 0 Å². The molecule has 0 aromatic heterocycles. The lowest BCUT2D eigenvalue weighted by Gasteiger charge is -2.13. The normalized spacial score (nSPS) is 10.6. The largest absolute Gasteiger partial charge is 0.376 e. The lowest BCUT2D eigenvalue weighted by molar-refractivity contribution is -0.114. The molecule has 0 radical (unpaired) electrons. The van der Waals surface area contributed by atoms with Gasteiger partial charge in [-0.2, -0.15) is 0 Å². The van der Waals surface area contributed by atoms with Gasteiger partial charge in [-0.15, -0.1) is 0 Å². The lowest BCUT2D eigenvalue weighted by Crippen LogP contribution is -2.27. The molecular weight excluding hydrogens is 362 g/mol. The minimum Gasteiger partial charge on any atom is -0.376 e. The molecule has 144 valence electrons. The quantitative estimate of drug-likeness (QED) is 0.659. The SMILES string of the molecule is Cc1ccc(NC(=O)CNc2ccc(C(=O)NCC(C)C)cc2C)c(Cl)c1. The van der Waals surface area contributed by atoms with Crippen LogP contribution in [-0.2, 0) is 4.79 Å².